The maximum absolute atomic E-state index is 12.2. The summed E-state index contributed by atoms with van der Waals surface area (Å²) >= 11 is 0. The molecule has 5 heteroatoms. The van der Waals surface area contributed by atoms with E-state index in [9.17, 15) is 4.79 Å². The van der Waals surface area contributed by atoms with E-state index in [1.165, 1.54) is 0 Å². The predicted molar refractivity (Wildman–Crippen MR) is 79.6 cm³/mol. The highest BCUT2D eigenvalue weighted by Crippen LogP contribution is 2.34. The van der Waals surface area contributed by atoms with Crippen LogP contribution in [0.3, 0.4) is 0 Å². The van der Waals surface area contributed by atoms with Crippen LogP contribution in [0.5, 0.6) is 11.5 Å². The number of nitrogens with one attached hydrogen (secondary N) is 1. The highest BCUT2D eigenvalue weighted by Gasteiger charge is 2.17. The number of benzene rings is 2. The second kappa shape index (κ2) is 5.78. The lowest BCUT2D eigenvalue weighted by molar-refractivity contribution is 0.0940. The Hall–Kier alpha value is -3.00. The quantitative estimate of drug-likeness (QED) is 0.945. The lowest BCUT2D eigenvalue weighted by atomic mass is 10.1. The smallest absolute Gasteiger partial charge is 0.251 e. The van der Waals surface area contributed by atoms with Gasteiger partial charge in [0.1, 0.15) is 0 Å². The Kier molecular flexibility index (Phi) is 3.67. The van der Waals surface area contributed by atoms with Crippen molar-refractivity contribution in [3.63, 3.8) is 0 Å². The first-order valence-electron chi connectivity index (χ1n) is 6.88. The number of carbonyl (C=O) groups excluding carboxylic acids is 1. The zero-order valence-corrected chi connectivity index (χ0v) is 12.0. The molecule has 2 aromatic carbocycles. The molecule has 1 unspecified atom stereocenters. The summed E-state index contributed by atoms with van der Waals surface area (Å²) in [4.78, 5) is 12.2. The van der Waals surface area contributed by atoms with E-state index in [4.69, 9.17) is 14.7 Å². The predicted octanol–water partition coefficient (Wildman–Crippen LogP) is 2.78. The van der Waals surface area contributed by atoms with Crippen LogP contribution in [-0.4, -0.2) is 12.7 Å². The summed E-state index contributed by atoms with van der Waals surface area (Å²) in [5, 5.41) is 11.7. The molecule has 0 spiro atoms. The number of carbonyl (C=O) groups is 1. The van der Waals surface area contributed by atoms with E-state index in [2.05, 4.69) is 5.32 Å². The number of fused-ring (bicyclic) bond motifs is 1. The van der Waals surface area contributed by atoms with Crippen LogP contribution in [0.1, 0.15) is 34.5 Å². The minimum Gasteiger partial charge on any atom is -0.454 e. The minimum absolute atomic E-state index is 0.169. The summed E-state index contributed by atoms with van der Waals surface area (Å²) in [6, 6.07) is 14.0. The van der Waals surface area contributed by atoms with Crippen LogP contribution in [0, 0.1) is 11.3 Å². The summed E-state index contributed by atoms with van der Waals surface area (Å²) in [5.74, 6) is 1.22. The van der Waals surface area contributed by atoms with Gasteiger partial charge in [-0.15, -0.1) is 0 Å². The fourth-order valence-electron chi connectivity index (χ4n) is 2.24. The van der Waals surface area contributed by atoms with E-state index in [-0.39, 0.29) is 18.7 Å². The number of ether oxygens (including phenoxy) is 2. The Morgan fingerprint density at radius 1 is 1.18 bits per heavy atom. The Morgan fingerprint density at radius 2 is 1.91 bits per heavy atom. The average molecular weight is 294 g/mol. The molecule has 0 bridgehead atoms. The van der Waals surface area contributed by atoms with Crippen LogP contribution in [0.2, 0.25) is 0 Å². The third-order valence-electron chi connectivity index (χ3n) is 3.52. The van der Waals surface area contributed by atoms with Crippen LogP contribution in [-0.2, 0) is 0 Å². The molecule has 5 nitrogen and oxygen atoms in total. The van der Waals surface area contributed by atoms with Crippen molar-refractivity contribution in [1.29, 1.82) is 5.26 Å². The van der Waals surface area contributed by atoms with Crippen molar-refractivity contribution < 1.29 is 14.3 Å². The highest BCUT2D eigenvalue weighted by molar-refractivity contribution is 5.94. The Bertz CT molecular complexity index is 747. The van der Waals surface area contributed by atoms with Crippen molar-refractivity contribution in [3.8, 4) is 17.6 Å². The van der Waals surface area contributed by atoms with E-state index in [0.29, 0.717) is 16.9 Å². The van der Waals surface area contributed by atoms with Gasteiger partial charge < -0.3 is 14.8 Å². The second-order valence-corrected chi connectivity index (χ2v) is 5.00. The van der Waals surface area contributed by atoms with Crippen molar-refractivity contribution in [1.82, 2.24) is 5.32 Å². The van der Waals surface area contributed by atoms with Gasteiger partial charge >= 0.3 is 0 Å². The average Bonchev–Trinajstić information content (AvgIpc) is 3.02. The van der Waals surface area contributed by atoms with Crippen LogP contribution >= 0.6 is 0 Å². The van der Waals surface area contributed by atoms with Crippen molar-refractivity contribution >= 4 is 5.91 Å². The Balaban J connectivity index is 1.71. The first kappa shape index (κ1) is 14.0. The standard InChI is InChI=1S/C17H14N2O3/c1-11(14-6-7-15-16(8-14)22-10-21-15)19-17(20)13-4-2-12(9-18)3-5-13/h2-8,11H,10H2,1H3,(H,19,20). The van der Waals surface area contributed by atoms with Gasteiger partial charge in [-0.2, -0.15) is 5.26 Å². The van der Waals surface area contributed by atoms with E-state index in [0.717, 1.165) is 11.3 Å². The summed E-state index contributed by atoms with van der Waals surface area (Å²) in [5.41, 5.74) is 1.98. The number of hydrogen-bond donors (Lipinski definition) is 1. The van der Waals surface area contributed by atoms with Crippen molar-refractivity contribution in [2.24, 2.45) is 0 Å². The molecule has 1 heterocycles. The van der Waals surface area contributed by atoms with E-state index < -0.39 is 0 Å². The number of nitriles is 1. The van der Waals surface area contributed by atoms with Crippen LogP contribution in [0.15, 0.2) is 42.5 Å². The fraction of sp³-hybridized carbons (Fsp3) is 0.176. The van der Waals surface area contributed by atoms with E-state index in [1.807, 2.05) is 31.2 Å². The summed E-state index contributed by atoms with van der Waals surface area (Å²) in [6.07, 6.45) is 0. The molecule has 1 aliphatic rings. The van der Waals surface area contributed by atoms with Crippen molar-refractivity contribution in [2.75, 3.05) is 6.79 Å². The van der Waals surface area contributed by atoms with Gasteiger partial charge in [0, 0.05) is 5.56 Å². The van der Waals surface area contributed by atoms with Gasteiger partial charge in [0.25, 0.3) is 5.91 Å². The zero-order chi connectivity index (χ0) is 15.5. The van der Waals surface area contributed by atoms with Gasteiger partial charge in [-0.25, -0.2) is 0 Å². The van der Waals surface area contributed by atoms with E-state index in [1.54, 1.807) is 24.3 Å². The topological polar surface area (TPSA) is 71.4 Å². The summed E-state index contributed by atoms with van der Waals surface area (Å²) in [6.45, 7) is 2.13. The van der Waals surface area contributed by atoms with Gasteiger partial charge in [-0.05, 0) is 48.9 Å². The largest absolute Gasteiger partial charge is 0.454 e. The first-order valence-corrected chi connectivity index (χ1v) is 6.88. The number of hydrogen-bond acceptors (Lipinski definition) is 4. The van der Waals surface area contributed by atoms with Crippen LogP contribution < -0.4 is 14.8 Å². The summed E-state index contributed by atoms with van der Waals surface area (Å²) < 4.78 is 10.6. The maximum Gasteiger partial charge on any atom is 0.251 e. The molecule has 0 fully saturated rings. The van der Waals surface area contributed by atoms with Gasteiger partial charge in [0.15, 0.2) is 11.5 Å². The van der Waals surface area contributed by atoms with Crippen molar-refractivity contribution in [2.45, 2.75) is 13.0 Å². The molecule has 0 saturated heterocycles. The molecule has 1 atom stereocenters. The monoisotopic (exact) mass is 294 g/mol. The van der Waals surface area contributed by atoms with Gasteiger partial charge in [0.2, 0.25) is 6.79 Å². The van der Waals surface area contributed by atoms with Crippen molar-refractivity contribution in [3.05, 3.63) is 59.2 Å². The normalized spacial score (nSPS) is 13.3. The second-order valence-electron chi connectivity index (χ2n) is 5.00. The van der Waals surface area contributed by atoms with Crippen LogP contribution in [0.25, 0.3) is 0 Å². The van der Waals surface area contributed by atoms with E-state index >= 15 is 0 Å². The number of rotatable bonds is 3. The molecule has 2 aromatic rings. The Morgan fingerprint density at radius 3 is 2.64 bits per heavy atom. The van der Waals surface area contributed by atoms with Crippen LogP contribution in [0.4, 0.5) is 0 Å². The number of amides is 1. The fourth-order valence-corrected chi connectivity index (χ4v) is 2.24. The molecule has 1 amide bonds. The van der Waals surface area contributed by atoms with Gasteiger partial charge in [-0.3, -0.25) is 4.79 Å². The van der Waals surface area contributed by atoms with Gasteiger partial charge in [-0.1, -0.05) is 6.07 Å². The molecule has 110 valence electrons. The number of nitrogens with zero attached hydrogens (tertiary/aromatic N) is 1. The maximum atomic E-state index is 12.2. The first-order chi connectivity index (χ1) is 10.7. The molecule has 1 aliphatic heterocycles. The molecular weight excluding hydrogens is 280 g/mol. The highest BCUT2D eigenvalue weighted by atomic mass is 16.7. The SMILES string of the molecule is CC(NC(=O)c1ccc(C#N)cc1)c1ccc2c(c1)OCO2. The lowest BCUT2D eigenvalue weighted by Crippen LogP contribution is -2.26. The molecule has 0 aromatic heterocycles. The zero-order valence-electron chi connectivity index (χ0n) is 12.0. The third kappa shape index (κ3) is 2.72. The molecular formula is C17H14N2O3. The molecule has 0 saturated carbocycles. The molecule has 1 N–H and O–H groups in total. The molecule has 3 rings (SSSR count). The minimum atomic E-state index is -0.186. The lowest BCUT2D eigenvalue weighted by Gasteiger charge is -2.15. The molecule has 22 heavy (non-hydrogen) atoms. The Labute approximate surface area is 128 Å². The molecule has 0 aliphatic carbocycles. The van der Waals surface area contributed by atoms with Gasteiger partial charge in [0.05, 0.1) is 17.7 Å². The molecule has 0 radical (unpaired) electrons. The summed E-state index contributed by atoms with van der Waals surface area (Å²) in [7, 11) is 0. The third-order valence-corrected chi connectivity index (χ3v) is 3.52.